The summed E-state index contributed by atoms with van der Waals surface area (Å²) in [5, 5.41) is 24.6. The van der Waals surface area contributed by atoms with Gasteiger partial charge in [0.05, 0.1) is 32.9 Å². The molecule has 0 atom stereocenters. The zero-order valence-electron chi connectivity index (χ0n) is 15.9. The first kappa shape index (κ1) is 19.8. The molecule has 3 aromatic heterocycles. The molecule has 3 rings (SSSR count). The molecule has 28 heavy (non-hydrogen) atoms. The monoisotopic (exact) mass is 449 g/mol. The highest BCUT2D eigenvalue weighted by atomic mass is 79.9. The average molecular weight is 450 g/mol. The molecular formula is C17H20BrN7O3. The van der Waals surface area contributed by atoms with E-state index in [2.05, 4.69) is 36.5 Å². The highest BCUT2D eigenvalue weighted by Crippen LogP contribution is 2.23. The van der Waals surface area contributed by atoms with Crippen LogP contribution in [0.1, 0.15) is 33.3 Å². The minimum atomic E-state index is -1.08. The molecule has 0 saturated heterocycles. The molecule has 0 radical (unpaired) electrons. The summed E-state index contributed by atoms with van der Waals surface area (Å²) in [5.74, 6) is -1.52. The van der Waals surface area contributed by atoms with Crippen molar-refractivity contribution in [1.82, 2.24) is 29.3 Å². The summed E-state index contributed by atoms with van der Waals surface area (Å²) in [7, 11) is 0. The van der Waals surface area contributed by atoms with E-state index in [1.54, 1.807) is 11.6 Å². The summed E-state index contributed by atoms with van der Waals surface area (Å²) in [6, 6.07) is 1.47. The molecule has 148 valence electrons. The predicted molar refractivity (Wildman–Crippen MR) is 104 cm³/mol. The van der Waals surface area contributed by atoms with Gasteiger partial charge in [0.2, 0.25) is 0 Å². The van der Waals surface area contributed by atoms with E-state index in [0.717, 1.165) is 26.2 Å². The van der Waals surface area contributed by atoms with Crippen molar-refractivity contribution in [3.63, 3.8) is 0 Å². The number of nitrogens with zero attached hydrogens (tertiary/aromatic N) is 6. The van der Waals surface area contributed by atoms with Gasteiger partial charge in [0.25, 0.3) is 5.91 Å². The van der Waals surface area contributed by atoms with Crippen molar-refractivity contribution in [2.45, 2.75) is 40.9 Å². The molecule has 0 bridgehead atoms. The molecule has 0 unspecified atom stereocenters. The third-order valence-corrected chi connectivity index (χ3v) is 5.56. The van der Waals surface area contributed by atoms with Crippen LogP contribution < -0.4 is 5.32 Å². The summed E-state index contributed by atoms with van der Waals surface area (Å²) >= 11 is 3.51. The number of hydrogen-bond acceptors (Lipinski definition) is 5. The van der Waals surface area contributed by atoms with E-state index >= 15 is 0 Å². The van der Waals surface area contributed by atoms with E-state index in [1.165, 1.54) is 12.3 Å². The molecule has 0 spiro atoms. The normalized spacial score (nSPS) is 11.0. The quantitative estimate of drug-likeness (QED) is 0.594. The summed E-state index contributed by atoms with van der Waals surface area (Å²) < 4.78 is 5.67. The number of hydrogen-bond donors (Lipinski definition) is 2. The lowest BCUT2D eigenvalue weighted by Crippen LogP contribution is -2.21. The molecule has 0 aliphatic rings. The highest BCUT2D eigenvalue weighted by Gasteiger charge is 2.19. The van der Waals surface area contributed by atoms with Gasteiger partial charge in [-0.1, -0.05) is 0 Å². The number of carboxylic acids is 1. The third kappa shape index (κ3) is 3.70. The Hall–Kier alpha value is -2.95. The van der Waals surface area contributed by atoms with E-state index in [-0.39, 0.29) is 12.2 Å². The maximum absolute atomic E-state index is 12.6. The standard InChI is InChI=1S/C17H20BrN7O3/c1-9-15(18)11(3)24(21-9)8-25-12(4)16(10(2)22-25)20-17(28)13-5-6-19-23(13)7-14(26)27/h5-6H,7-8H2,1-4H3,(H,20,28)(H,26,27). The molecule has 0 aromatic carbocycles. The molecule has 3 heterocycles. The third-order valence-electron chi connectivity index (χ3n) is 4.42. The van der Waals surface area contributed by atoms with E-state index in [4.69, 9.17) is 5.11 Å². The first-order valence-electron chi connectivity index (χ1n) is 8.47. The van der Waals surface area contributed by atoms with Crippen LogP contribution in [0.2, 0.25) is 0 Å². The van der Waals surface area contributed by atoms with Gasteiger partial charge in [-0.05, 0) is 49.7 Å². The number of anilines is 1. The fraction of sp³-hybridized carbons (Fsp3) is 0.353. The van der Waals surface area contributed by atoms with Crippen LogP contribution in [0.4, 0.5) is 5.69 Å². The van der Waals surface area contributed by atoms with Crippen molar-refractivity contribution < 1.29 is 14.7 Å². The Morgan fingerprint density at radius 3 is 2.32 bits per heavy atom. The van der Waals surface area contributed by atoms with Crippen molar-refractivity contribution in [3.05, 3.63) is 45.2 Å². The van der Waals surface area contributed by atoms with Crippen LogP contribution in [-0.4, -0.2) is 46.3 Å². The van der Waals surface area contributed by atoms with Crippen LogP contribution in [0.25, 0.3) is 0 Å². The lowest BCUT2D eigenvalue weighted by Gasteiger charge is -2.09. The van der Waals surface area contributed by atoms with Gasteiger partial charge in [0.1, 0.15) is 18.9 Å². The molecule has 0 fully saturated rings. The molecule has 3 aromatic rings. The van der Waals surface area contributed by atoms with Gasteiger partial charge in [-0.2, -0.15) is 15.3 Å². The number of halogens is 1. The second-order valence-corrected chi connectivity index (χ2v) is 7.19. The van der Waals surface area contributed by atoms with Crippen molar-refractivity contribution in [2.75, 3.05) is 5.32 Å². The summed E-state index contributed by atoms with van der Waals surface area (Å²) in [6.07, 6.45) is 1.39. The minimum absolute atomic E-state index is 0.163. The molecule has 1 amide bonds. The lowest BCUT2D eigenvalue weighted by molar-refractivity contribution is -0.137. The molecule has 0 aliphatic heterocycles. The lowest BCUT2D eigenvalue weighted by atomic mass is 10.3. The van der Waals surface area contributed by atoms with E-state index in [0.29, 0.717) is 18.1 Å². The van der Waals surface area contributed by atoms with Crippen LogP contribution in [0.15, 0.2) is 16.7 Å². The Morgan fingerprint density at radius 1 is 1.07 bits per heavy atom. The summed E-state index contributed by atoms with van der Waals surface area (Å²) in [6.45, 7) is 7.54. The van der Waals surface area contributed by atoms with Crippen molar-refractivity contribution in [2.24, 2.45) is 0 Å². The molecule has 11 heteroatoms. The number of amides is 1. The second kappa shape index (κ2) is 7.58. The summed E-state index contributed by atoms with van der Waals surface area (Å²) in [4.78, 5) is 23.5. The maximum atomic E-state index is 12.6. The largest absolute Gasteiger partial charge is 0.480 e. The second-order valence-electron chi connectivity index (χ2n) is 6.39. The van der Waals surface area contributed by atoms with Gasteiger partial charge in [-0.25, -0.2) is 14.0 Å². The van der Waals surface area contributed by atoms with Crippen molar-refractivity contribution >= 4 is 33.5 Å². The van der Waals surface area contributed by atoms with Gasteiger partial charge < -0.3 is 10.4 Å². The zero-order valence-corrected chi connectivity index (χ0v) is 17.5. The van der Waals surface area contributed by atoms with Gasteiger partial charge >= 0.3 is 5.97 Å². The van der Waals surface area contributed by atoms with E-state index in [9.17, 15) is 9.59 Å². The first-order chi connectivity index (χ1) is 13.2. The molecule has 10 nitrogen and oxygen atoms in total. The van der Waals surface area contributed by atoms with Crippen LogP contribution in [-0.2, 0) is 18.0 Å². The van der Waals surface area contributed by atoms with Gasteiger partial charge in [0, 0.05) is 6.20 Å². The molecule has 0 aliphatic carbocycles. The number of aliphatic carboxylic acids is 1. The predicted octanol–water partition coefficient (Wildman–Crippen LogP) is 2.11. The molecule has 0 saturated carbocycles. The molecular weight excluding hydrogens is 430 g/mol. The van der Waals surface area contributed by atoms with Gasteiger partial charge in [0.15, 0.2) is 0 Å². The van der Waals surface area contributed by atoms with Crippen LogP contribution in [0.5, 0.6) is 0 Å². The number of nitrogens with one attached hydrogen (secondary N) is 1. The Labute approximate surface area is 169 Å². The van der Waals surface area contributed by atoms with Crippen LogP contribution in [0.3, 0.4) is 0 Å². The van der Waals surface area contributed by atoms with Crippen LogP contribution >= 0.6 is 15.9 Å². The van der Waals surface area contributed by atoms with Gasteiger partial charge in [-0.3, -0.25) is 9.59 Å². The fourth-order valence-corrected chi connectivity index (χ4v) is 3.20. The Morgan fingerprint density at radius 2 is 1.71 bits per heavy atom. The van der Waals surface area contributed by atoms with E-state index in [1.807, 2.05) is 25.5 Å². The highest BCUT2D eigenvalue weighted by molar-refractivity contribution is 9.10. The number of carbonyl (C=O) groups is 2. The Kier molecular flexibility index (Phi) is 5.36. The molecule has 2 N–H and O–H groups in total. The Balaban J connectivity index is 1.84. The average Bonchev–Trinajstić information content (AvgIpc) is 3.25. The van der Waals surface area contributed by atoms with Crippen LogP contribution in [0, 0.1) is 27.7 Å². The minimum Gasteiger partial charge on any atom is -0.480 e. The number of rotatable bonds is 6. The topological polar surface area (TPSA) is 120 Å². The van der Waals surface area contributed by atoms with Crippen molar-refractivity contribution in [1.29, 1.82) is 0 Å². The summed E-state index contributed by atoms with van der Waals surface area (Å²) in [5.41, 5.74) is 4.02. The smallest absolute Gasteiger partial charge is 0.325 e. The Bertz CT molecular complexity index is 1060. The maximum Gasteiger partial charge on any atom is 0.325 e. The van der Waals surface area contributed by atoms with Gasteiger partial charge in [-0.15, -0.1) is 0 Å². The first-order valence-corrected chi connectivity index (χ1v) is 9.26. The number of aromatic nitrogens is 6. The SMILES string of the molecule is Cc1nn(Cn2nc(C)c(NC(=O)c3ccnn3CC(=O)O)c2C)c(C)c1Br. The number of aryl methyl sites for hydroxylation is 2. The zero-order chi connectivity index (χ0) is 20.6. The number of carbonyl (C=O) groups excluding carboxylic acids is 1. The van der Waals surface area contributed by atoms with Crippen molar-refractivity contribution in [3.8, 4) is 0 Å². The number of carboxylic acid groups (broad SMARTS) is 1. The van der Waals surface area contributed by atoms with E-state index < -0.39 is 11.9 Å². The fourth-order valence-electron chi connectivity index (χ4n) is 2.91.